The highest BCUT2D eigenvalue weighted by atomic mass is 16.6. The first-order chi connectivity index (χ1) is 14.0. The number of rotatable bonds is 6. The number of aryl methyl sites for hydroxylation is 1. The van der Waals surface area contributed by atoms with Crippen LogP contribution in [-0.2, 0) is 11.2 Å². The van der Waals surface area contributed by atoms with Crippen LogP contribution in [0.25, 0.3) is 0 Å². The molecule has 0 aliphatic carbocycles. The molecule has 0 saturated carbocycles. The fourth-order valence-corrected chi connectivity index (χ4v) is 3.39. The number of carbonyl (C=O) groups excluding carboxylic acids is 2. The van der Waals surface area contributed by atoms with Crippen molar-refractivity contribution in [3.8, 4) is 0 Å². The number of para-hydroxylation sites is 1. The summed E-state index contributed by atoms with van der Waals surface area (Å²) >= 11 is 0. The first kappa shape index (κ1) is 20.5. The van der Waals surface area contributed by atoms with Crippen LogP contribution in [0.1, 0.15) is 22.8 Å². The molecule has 2 aromatic carbocycles. The van der Waals surface area contributed by atoms with Crippen molar-refractivity contribution < 1.29 is 14.5 Å². The van der Waals surface area contributed by atoms with Gasteiger partial charge >= 0.3 is 0 Å². The van der Waals surface area contributed by atoms with Crippen LogP contribution < -0.4 is 5.32 Å². The number of piperazine rings is 1. The molecule has 1 fully saturated rings. The van der Waals surface area contributed by atoms with E-state index in [4.69, 9.17) is 0 Å². The molecule has 0 spiro atoms. The minimum absolute atomic E-state index is 0.0793. The van der Waals surface area contributed by atoms with Gasteiger partial charge in [-0.1, -0.05) is 31.2 Å². The molecule has 1 N–H and O–H groups in total. The molecule has 1 aliphatic heterocycles. The predicted molar refractivity (Wildman–Crippen MR) is 110 cm³/mol. The van der Waals surface area contributed by atoms with Crippen LogP contribution in [0.5, 0.6) is 0 Å². The van der Waals surface area contributed by atoms with Crippen molar-refractivity contribution in [1.82, 2.24) is 9.80 Å². The fourth-order valence-electron chi connectivity index (χ4n) is 3.39. The maximum atomic E-state index is 12.6. The largest absolute Gasteiger partial charge is 0.336 e. The van der Waals surface area contributed by atoms with E-state index in [-0.39, 0.29) is 24.0 Å². The maximum absolute atomic E-state index is 12.6. The van der Waals surface area contributed by atoms with Crippen molar-refractivity contribution in [3.05, 3.63) is 69.8 Å². The Bertz CT molecular complexity index is 907. The summed E-state index contributed by atoms with van der Waals surface area (Å²) in [6.45, 7) is 4.40. The topological polar surface area (TPSA) is 95.8 Å². The van der Waals surface area contributed by atoms with Crippen molar-refractivity contribution in [1.29, 1.82) is 0 Å². The summed E-state index contributed by atoms with van der Waals surface area (Å²) < 4.78 is 0. The SMILES string of the molecule is CCc1ccccc1NC(=O)CN1CCN(C(=O)c2cccc([N+](=O)[O-])c2)CC1. The van der Waals surface area contributed by atoms with Gasteiger partial charge in [0.05, 0.1) is 11.5 Å². The van der Waals surface area contributed by atoms with Gasteiger partial charge in [0.1, 0.15) is 0 Å². The lowest BCUT2D eigenvalue weighted by atomic mass is 10.1. The highest BCUT2D eigenvalue weighted by Gasteiger charge is 2.24. The normalized spacial score (nSPS) is 14.4. The van der Waals surface area contributed by atoms with Crippen LogP contribution in [0.15, 0.2) is 48.5 Å². The number of nitrogens with one attached hydrogen (secondary N) is 1. The zero-order chi connectivity index (χ0) is 20.8. The number of non-ortho nitro benzene ring substituents is 1. The molecule has 0 aromatic heterocycles. The van der Waals surface area contributed by atoms with Gasteiger partial charge in [-0.3, -0.25) is 24.6 Å². The van der Waals surface area contributed by atoms with Crippen LogP contribution in [0.4, 0.5) is 11.4 Å². The van der Waals surface area contributed by atoms with Crippen LogP contribution >= 0.6 is 0 Å². The lowest BCUT2D eigenvalue weighted by Gasteiger charge is -2.34. The van der Waals surface area contributed by atoms with Crippen molar-refractivity contribution in [3.63, 3.8) is 0 Å². The second-order valence-corrected chi connectivity index (χ2v) is 6.93. The molecule has 1 saturated heterocycles. The van der Waals surface area contributed by atoms with E-state index in [1.807, 2.05) is 36.1 Å². The Labute approximate surface area is 169 Å². The van der Waals surface area contributed by atoms with E-state index in [2.05, 4.69) is 5.32 Å². The number of nitro benzene ring substituents is 1. The molecular weight excluding hydrogens is 372 g/mol. The van der Waals surface area contributed by atoms with Crippen molar-refractivity contribution in [2.75, 3.05) is 38.0 Å². The number of anilines is 1. The summed E-state index contributed by atoms with van der Waals surface area (Å²) in [5, 5.41) is 13.9. The first-order valence-corrected chi connectivity index (χ1v) is 9.61. The molecule has 0 unspecified atom stereocenters. The molecule has 0 radical (unpaired) electrons. The summed E-state index contributed by atoms with van der Waals surface area (Å²) in [6.07, 6.45) is 0.842. The van der Waals surface area contributed by atoms with E-state index >= 15 is 0 Å². The molecule has 8 nitrogen and oxygen atoms in total. The van der Waals surface area contributed by atoms with Gasteiger partial charge in [-0.05, 0) is 24.1 Å². The van der Waals surface area contributed by atoms with E-state index in [9.17, 15) is 19.7 Å². The van der Waals surface area contributed by atoms with Gasteiger partial charge in [0.25, 0.3) is 11.6 Å². The third-order valence-corrected chi connectivity index (χ3v) is 5.00. The van der Waals surface area contributed by atoms with Gasteiger partial charge in [0, 0.05) is 49.6 Å². The van der Waals surface area contributed by atoms with E-state index in [1.54, 1.807) is 11.0 Å². The molecule has 2 amide bonds. The fraction of sp³-hybridized carbons (Fsp3) is 0.333. The Morgan fingerprint density at radius 3 is 2.48 bits per heavy atom. The molecule has 0 bridgehead atoms. The van der Waals surface area contributed by atoms with E-state index in [1.165, 1.54) is 18.2 Å². The summed E-state index contributed by atoms with van der Waals surface area (Å²) in [6, 6.07) is 13.5. The molecule has 3 rings (SSSR count). The molecule has 152 valence electrons. The molecule has 1 aliphatic rings. The highest BCUT2D eigenvalue weighted by molar-refractivity contribution is 5.95. The highest BCUT2D eigenvalue weighted by Crippen LogP contribution is 2.17. The van der Waals surface area contributed by atoms with Gasteiger partial charge in [0.2, 0.25) is 5.91 Å². The average Bonchev–Trinajstić information content (AvgIpc) is 2.74. The van der Waals surface area contributed by atoms with Gasteiger partial charge in [-0.15, -0.1) is 0 Å². The zero-order valence-electron chi connectivity index (χ0n) is 16.3. The lowest BCUT2D eigenvalue weighted by molar-refractivity contribution is -0.384. The Balaban J connectivity index is 1.52. The number of nitro groups is 1. The summed E-state index contributed by atoms with van der Waals surface area (Å²) in [4.78, 5) is 39.1. The molecule has 1 heterocycles. The summed E-state index contributed by atoms with van der Waals surface area (Å²) in [5.74, 6) is -0.306. The predicted octanol–water partition coefficient (Wildman–Crippen LogP) is 2.55. The molecule has 8 heteroatoms. The van der Waals surface area contributed by atoms with E-state index in [0.29, 0.717) is 31.7 Å². The van der Waals surface area contributed by atoms with Crippen molar-refractivity contribution in [2.45, 2.75) is 13.3 Å². The second kappa shape index (κ2) is 9.29. The third-order valence-electron chi connectivity index (χ3n) is 5.00. The molecule has 2 aromatic rings. The minimum atomic E-state index is -0.510. The number of nitrogens with zero attached hydrogens (tertiary/aromatic N) is 3. The van der Waals surface area contributed by atoms with Gasteiger partial charge in [-0.25, -0.2) is 0 Å². The zero-order valence-corrected chi connectivity index (χ0v) is 16.3. The summed E-state index contributed by atoms with van der Waals surface area (Å²) in [5.41, 5.74) is 2.13. The minimum Gasteiger partial charge on any atom is -0.336 e. The smallest absolute Gasteiger partial charge is 0.270 e. The Hall–Kier alpha value is -3.26. The second-order valence-electron chi connectivity index (χ2n) is 6.93. The van der Waals surface area contributed by atoms with Gasteiger partial charge in [-0.2, -0.15) is 0 Å². The number of benzene rings is 2. The van der Waals surface area contributed by atoms with Crippen LogP contribution in [0, 0.1) is 10.1 Å². The standard InChI is InChI=1S/C21H24N4O4/c1-2-16-6-3-4-9-19(16)22-20(26)15-23-10-12-24(13-11-23)21(27)17-7-5-8-18(14-17)25(28)29/h3-9,14H,2,10-13,15H2,1H3,(H,22,26). The Morgan fingerprint density at radius 2 is 1.79 bits per heavy atom. The monoisotopic (exact) mass is 396 g/mol. The van der Waals surface area contributed by atoms with Crippen LogP contribution in [0.3, 0.4) is 0 Å². The van der Waals surface area contributed by atoms with Gasteiger partial charge < -0.3 is 10.2 Å². The van der Waals surface area contributed by atoms with E-state index < -0.39 is 4.92 Å². The summed E-state index contributed by atoms with van der Waals surface area (Å²) in [7, 11) is 0. The number of amides is 2. The van der Waals surface area contributed by atoms with Crippen molar-refractivity contribution in [2.24, 2.45) is 0 Å². The van der Waals surface area contributed by atoms with Crippen molar-refractivity contribution >= 4 is 23.2 Å². The first-order valence-electron chi connectivity index (χ1n) is 9.61. The Morgan fingerprint density at radius 1 is 1.07 bits per heavy atom. The van der Waals surface area contributed by atoms with E-state index in [0.717, 1.165) is 17.7 Å². The van der Waals surface area contributed by atoms with Gasteiger partial charge in [0.15, 0.2) is 0 Å². The number of carbonyl (C=O) groups is 2. The third kappa shape index (κ3) is 5.17. The quantitative estimate of drug-likeness (QED) is 0.598. The lowest BCUT2D eigenvalue weighted by Crippen LogP contribution is -2.50. The van der Waals surface area contributed by atoms with Crippen LogP contribution in [-0.4, -0.2) is 59.3 Å². The Kier molecular flexibility index (Phi) is 6.56. The molecule has 29 heavy (non-hydrogen) atoms. The van der Waals surface area contributed by atoms with Crippen LogP contribution in [0.2, 0.25) is 0 Å². The molecule has 0 atom stereocenters. The molecular formula is C21H24N4O4. The average molecular weight is 396 g/mol. The number of hydrogen-bond acceptors (Lipinski definition) is 5. The number of hydrogen-bond donors (Lipinski definition) is 1. The maximum Gasteiger partial charge on any atom is 0.270 e.